The van der Waals surface area contributed by atoms with Gasteiger partial charge in [-0.1, -0.05) is 52.2 Å². The first kappa shape index (κ1) is 14.3. The summed E-state index contributed by atoms with van der Waals surface area (Å²) in [6.07, 6.45) is 5.99. The van der Waals surface area contributed by atoms with Crippen LogP contribution in [0.25, 0.3) is 0 Å². The van der Waals surface area contributed by atoms with Gasteiger partial charge in [0.1, 0.15) is 0 Å². The van der Waals surface area contributed by atoms with Gasteiger partial charge >= 0.3 is 0 Å². The standard InChI is InChI=1S/C6H14.C6H12/c2*1-4-6(3)5-2/h6H,4-5H2,1-3H3;4H,5H2,1-3H3/b;6-4-. The number of hydrogen-bond donors (Lipinski definition) is 0. The Labute approximate surface area is 79.1 Å². The van der Waals surface area contributed by atoms with Crippen LogP contribution in [0.5, 0.6) is 0 Å². The molecule has 0 atom stereocenters. The van der Waals surface area contributed by atoms with Crippen molar-refractivity contribution < 1.29 is 0 Å². The Bertz CT molecular complexity index is 96.6. The van der Waals surface area contributed by atoms with Gasteiger partial charge in [0, 0.05) is 0 Å². The van der Waals surface area contributed by atoms with Crippen LogP contribution in [0.4, 0.5) is 0 Å². The Hall–Kier alpha value is -0.260. The Morgan fingerprint density at radius 3 is 1.58 bits per heavy atom. The summed E-state index contributed by atoms with van der Waals surface area (Å²) in [7, 11) is 0. The van der Waals surface area contributed by atoms with Crippen molar-refractivity contribution in [1.29, 1.82) is 0 Å². The summed E-state index contributed by atoms with van der Waals surface area (Å²) < 4.78 is 0. The lowest BCUT2D eigenvalue weighted by Crippen LogP contribution is -1.85. The summed E-state index contributed by atoms with van der Waals surface area (Å²) in [5.74, 6) is 0.935. The van der Waals surface area contributed by atoms with Crippen molar-refractivity contribution in [3.63, 3.8) is 0 Å². The minimum absolute atomic E-state index is 0.935. The van der Waals surface area contributed by atoms with Crippen molar-refractivity contribution in [2.75, 3.05) is 0 Å². The van der Waals surface area contributed by atoms with Crippen LogP contribution in [0, 0.1) is 5.92 Å². The topological polar surface area (TPSA) is 0 Å². The van der Waals surface area contributed by atoms with E-state index in [0.717, 1.165) is 5.92 Å². The third-order valence-electron chi connectivity index (χ3n) is 2.44. The van der Waals surface area contributed by atoms with Crippen molar-refractivity contribution in [3.8, 4) is 0 Å². The summed E-state index contributed by atoms with van der Waals surface area (Å²) in [6.45, 7) is 13.1. The number of rotatable bonds is 3. The SMILES string of the molecule is C/C=C(/C)CC.CCC(C)CC. The van der Waals surface area contributed by atoms with Gasteiger partial charge in [-0.2, -0.15) is 0 Å². The van der Waals surface area contributed by atoms with Crippen LogP contribution in [0.2, 0.25) is 0 Å². The second-order valence-electron chi connectivity index (χ2n) is 3.41. The average Bonchev–Trinajstić information content (AvgIpc) is 2.16. The van der Waals surface area contributed by atoms with Gasteiger partial charge in [-0.15, -0.1) is 0 Å². The maximum absolute atomic E-state index is 2.28. The second-order valence-corrected chi connectivity index (χ2v) is 3.41. The summed E-state index contributed by atoms with van der Waals surface area (Å²) in [6, 6.07) is 0. The third kappa shape index (κ3) is 12.4. The Balaban J connectivity index is 0. The van der Waals surface area contributed by atoms with Crippen LogP contribution < -0.4 is 0 Å². The predicted octanol–water partition coefficient (Wildman–Crippen LogP) is 4.81. The van der Waals surface area contributed by atoms with E-state index in [-0.39, 0.29) is 0 Å². The highest BCUT2D eigenvalue weighted by molar-refractivity contribution is 4.93. The molecule has 0 saturated heterocycles. The molecule has 0 aliphatic carbocycles. The zero-order valence-corrected chi connectivity index (χ0v) is 9.78. The summed E-state index contributed by atoms with van der Waals surface area (Å²) >= 11 is 0. The molecule has 74 valence electrons. The van der Waals surface area contributed by atoms with Crippen LogP contribution >= 0.6 is 0 Å². The highest BCUT2D eigenvalue weighted by Gasteiger charge is 1.88. The molecular weight excluding hydrogens is 144 g/mol. The molecule has 0 bridgehead atoms. The van der Waals surface area contributed by atoms with Crippen LogP contribution in [0.15, 0.2) is 11.6 Å². The van der Waals surface area contributed by atoms with Crippen LogP contribution in [-0.4, -0.2) is 0 Å². The molecule has 0 nitrogen and oxygen atoms in total. The molecule has 0 radical (unpaired) electrons. The fraction of sp³-hybridized carbons (Fsp3) is 0.833. The molecule has 0 aliphatic heterocycles. The number of allylic oxidation sites excluding steroid dienone is 2. The smallest absolute Gasteiger partial charge is 0.0352 e. The number of hydrogen-bond acceptors (Lipinski definition) is 0. The van der Waals surface area contributed by atoms with E-state index in [1.54, 1.807) is 0 Å². The summed E-state index contributed by atoms with van der Waals surface area (Å²) in [4.78, 5) is 0. The van der Waals surface area contributed by atoms with E-state index in [1.165, 1.54) is 24.8 Å². The van der Waals surface area contributed by atoms with Crippen LogP contribution in [0.3, 0.4) is 0 Å². The van der Waals surface area contributed by atoms with E-state index in [1.807, 2.05) is 0 Å². The maximum Gasteiger partial charge on any atom is -0.0352 e. The van der Waals surface area contributed by atoms with Crippen molar-refractivity contribution in [2.45, 2.75) is 60.8 Å². The maximum atomic E-state index is 2.28. The fourth-order valence-corrected chi connectivity index (χ4v) is 0.493. The van der Waals surface area contributed by atoms with Crippen molar-refractivity contribution in [1.82, 2.24) is 0 Å². The zero-order chi connectivity index (χ0) is 9.98. The lowest BCUT2D eigenvalue weighted by Gasteiger charge is -1.98. The molecule has 0 fully saturated rings. The fourth-order valence-electron chi connectivity index (χ4n) is 0.493. The summed E-state index contributed by atoms with van der Waals surface area (Å²) in [5, 5.41) is 0. The first-order valence-electron chi connectivity index (χ1n) is 5.23. The van der Waals surface area contributed by atoms with Crippen molar-refractivity contribution in [2.24, 2.45) is 5.92 Å². The van der Waals surface area contributed by atoms with E-state index in [2.05, 4.69) is 47.6 Å². The minimum Gasteiger partial charge on any atom is -0.0887 e. The normalized spacial score (nSPS) is 11.1. The molecule has 0 unspecified atom stereocenters. The van der Waals surface area contributed by atoms with Crippen molar-refractivity contribution in [3.05, 3.63) is 11.6 Å². The van der Waals surface area contributed by atoms with Crippen LogP contribution in [0.1, 0.15) is 60.8 Å². The van der Waals surface area contributed by atoms with Crippen molar-refractivity contribution >= 4 is 0 Å². The Morgan fingerprint density at radius 2 is 1.58 bits per heavy atom. The molecule has 0 aromatic rings. The molecule has 0 heterocycles. The van der Waals surface area contributed by atoms with E-state index >= 15 is 0 Å². The van der Waals surface area contributed by atoms with Gasteiger partial charge in [0.25, 0.3) is 0 Å². The lowest BCUT2D eigenvalue weighted by molar-refractivity contribution is 0.544. The molecule has 0 aromatic heterocycles. The molecule has 0 saturated carbocycles. The second kappa shape index (κ2) is 10.7. The highest BCUT2D eigenvalue weighted by atomic mass is 13.9. The van der Waals surface area contributed by atoms with E-state index < -0.39 is 0 Å². The molecule has 0 N–H and O–H groups in total. The van der Waals surface area contributed by atoms with Gasteiger partial charge < -0.3 is 0 Å². The largest absolute Gasteiger partial charge is 0.0887 e. The molecular formula is C12H26. The zero-order valence-electron chi connectivity index (χ0n) is 9.78. The first-order chi connectivity index (χ1) is 5.62. The minimum atomic E-state index is 0.935. The molecule has 0 rings (SSSR count). The van der Waals surface area contributed by atoms with Gasteiger partial charge in [0.15, 0.2) is 0 Å². The van der Waals surface area contributed by atoms with Gasteiger partial charge in [-0.25, -0.2) is 0 Å². The molecule has 0 heteroatoms. The van der Waals surface area contributed by atoms with E-state index in [4.69, 9.17) is 0 Å². The van der Waals surface area contributed by atoms with Gasteiger partial charge in [0.05, 0.1) is 0 Å². The molecule has 12 heavy (non-hydrogen) atoms. The molecule has 0 amide bonds. The third-order valence-corrected chi connectivity index (χ3v) is 2.44. The highest BCUT2D eigenvalue weighted by Crippen LogP contribution is 2.02. The van der Waals surface area contributed by atoms with E-state index in [0.29, 0.717) is 0 Å². The molecule has 0 aliphatic rings. The molecule has 0 spiro atoms. The monoisotopic (exact) mass is 170 g/mol. The van der Waals surface area contributed by atoms with Crippen LogP contribution in [-0.2, 0) is 0 Å². The quantitative estimate of drug-likeness (QED) is 0.533. The molecule has 0 aromatic carbocycles. The Morgan fingerprint density at radius 1 is 1.17 bits per heavy atom. The first-order valence-corrected chi connectivity index (χ1v) is 5.23. The van der Waals surface area contributed by atoms with Gasteiger partial charge in [-0.3, -0.25) is 0 Å². The predicted molar refractivity (Wildman–Crippen MR) is 59.5 cm³/mol. The van der Waals surface area contributed by atoms with E-state index in [9.17, 15) is 0 Å². The lowest BCUT2D eigenvalue weighted by atomic mass is 10.1. The van der Waals surface area contributed by atoms with Gasteiger partial charge in [-0.05, 0) is 26.2 Å². The average molecular weight is 170 g/mol. The van der Waals surface area contributed by atoms with Gasteiger partial charge in [0.2, 0.25) is 0 Å². The summed E-state index contributed by atoms with van der Waals surface area (Å²) in [5.41, 5.74) is 1.47. The Kier molecular flexibility index (Phi) is 12.8.